The fourth-order valence-corrected chi connectivity index (χ4v) is 1.62. The van der Waals surface area contributed by atoms with Crippen molar-refractivity contribution in [3.63, 3.8) is 0 Å². The molecule has 0 heterocycles. The first kappa shape index (κ1) is 18.9. The number of nitrogens with one attached hydrogen (secondary N) is 1. The molecule has 0 aliphatic rings. The summed E-state index contributed by atoms with van der Waals surface area (Å²) in [4.78, 5) is 0. The van der Waals surface area contributed by atoms with Crippen LogP contribution in [0.2, 0.25) is 0 Å². The van der Waals surface area contributed by atoms with Crippen LogP contribution < -0.4 is 39.1 Å². The molecule has 1 rings (SSSR count). The van der Waals surface area contributed by atoms with Crippen molar-refractivity contribution in [2.24, 2.45) is 0 Å². The van der Waals surface area contributed by atoms with Crippen molar-refractivity contribution in [3.8, 4) is 5.75 Å². The Kier molecular flexibility index (Phi) is 8.92. The number of rotatable bonds is 4. The summed E-state index contributed by atoms with van der Waals surface area (Å²) in [5.41, 5.74) is 0.807. The van der Waals surface area contributed by atoms with E-state index in [2.05, 4.69) is 9.50 Å². The van der Waals surface area contributed by atoms with E-state index >= 15 is 0 Å². The second-order valence-electron chi connectivity index (χ2n) is 3.03. The van der Waals surface area contributed by atoms with Crippen molar-refractivity contribution in [2.45, 2.75) is 0 Å². The smallest absolute Gasteiger partial charge is 0.716 e. The van der Waals surface area contributed by atoms with Crippen molar-refractivity contribution < 1.29 is 46.7 Å². The van der Waals surface area contributed by atoms with Gasteiger partial charge in [-0.3, -0.25) is 0 Å². The van der Waals surface area contributed by atoms with Crippen LogP contribution in [0.15, 0.2) is 30.5 Å². The molecule has 5 nitrogen and oxygen atoms in total. The Morgan fingerprint density at radius 3 is 2.47 bits per heavy atom. The van der Waals surface area contributed by atoms with Crippen LogP contribution in [0.25, 0.3) is 6.08 Å². The second kappa shape index (κ2) is 8.96. The van der Waals surface area contributed by atoms with Crippen molar-refractivity contribution in [2.75, 3.05) is 6.26 Å². The molecule has 9 heteroatoms. The largest absolute Gasteiger partial charge is 1.00 e. The monoisotopic (exact) mass is 327 g/mol. The maximum absolute atomic E-state index is 10.3. The minimum atomic E-state index is -4.72. The molecule has 98 valence electrons. The quantitative estimate of drug-likeness (QED) is 0.320. The second-order valence-corrected chi connectivity index (χ2v) is 5.50. The van der Waals surface area contributed by atoms with Gasteiger partial charge in [-0.1, -0.05) is 24.4 Å². The summed E-state index contributed by atoms with van der Waals surface area (Å²) in [6, 6.07) is 6.01. The standard InChI is InChI=1S/C10H11NO4S3.Na/c1-17-10(16)11-7-6-8-2-4-9(5-3-8)15-18(12,13)14;/h2-7H,1H3,(H,11,16)(H,12,13,14);/q;+1/p-1/b7-6+;. The molecule has 19 heavy (non-hydrogen) atoms. The molecule has 0 radical (unpaired) electrons. The molecule has 0 aliphatic heterocycles. The zero-order valence-electron chi connectivity index (χ0n) is 10.3. The predicted octanol–water partition coefficient (Wildman–Crippen LogP) is -1.26. The molecule has 0 saturated heterocycles. The molecule has 0 aromatic heterocycles. The molecule has 1 aromatic carbocycles. The van der Waals surface area contributed by atoms with Crippen molar-refractivity contribution >= 4 is 44.8 Å². The predicted molar refractivity (Wildman–Crippen MR) is 75.0 cm³/mol. The van der Waals surface area contributed by atoms with Crippen molar-refractivity contribution in [1.82, 2.24) is 5.32 Å². The van der Waals surface area contributed by atoms with E-state index in [1.807, 2.05) is 6.26 Å². The van der Waals surface area contributed by atoms with Gasteiger partial charge in [0.15, 0.2) is 0 Å². The zero-order valence-corrected chi connectivity index (χ0v) is 14.8. The number of hydrogen-bond donors (Lipinski definition) is 1. The average molecular weight is 327 g/mol. The molecular weight excluding hydrogens is 317 g/mol. The van der Waals surface area contributed by atoms with Crippen molar-refractivity contribution in [3.05, 3.63) is 36.0 Å². The van der Waals surface area contributed by atoms with E-state index < -0.39 is 10.4 Å². The van der Waals surface area contributed by atoms with Gasteiger partial charge in [0.1, 0.15) is 10.1 Å². The number of thiocarbonyl (C=S) groups is 1. The molecule has 0 atom stereocenters. The Morgan fingerprint density at radius 2 is 2.00 bits per heavy atom. The van der Waals surface area contributed by atoms with Crippen LogP contribution in [0.5, 0.6) is 5.75 Å². The SMILES string of the molecule is CSC(=S)N/C=C/c1ccc(OS(=O)(=O)[O-])cc1.[Na+]. The fourth-order valence-electron chi connectivity index (χ4n) is 1.02. The van der Waals surface area contributed by atoms with Crippen LogP contribution in [0.4, 0.5) is 0 Å². The first-order valence-electron chi connectivity index (χ1n) is 4.67. The van der Waals surface area contributed by atoms with E-state index in [1.54, 1.807) is 24.4 Å². The van der Waals surface area contributed by atoms with E-state index in [1.165, 1.54) is 23.9 Å². The summed E-state index contributed by atoms with van der Waals surface area (Å²) in [6.07, 6.45) is 5.27. The van der Waals surface area contributed by atoms with Crippen LogP contribution in [0, 0.1) is 0 Å². The van der Waals surface area contributed by atoms with Gasteiger partial charge < -0.3 is 14.1 Å². The number of hydrogen-bond acceptors (Lipinski definition) is 6. The summed E-state index contributed by atoms with van der Waals surface area (Å²) >= 11 is 6.35. The van der Waals surface area contributed by atoms with E-state index in [-0.39, 0.29) is 35.3 Å². The summed E-state index contributed by atoms with van der Waals surface area (Å²) in [6.45, 7) is 0. The van der Waals surface area contributed by atoms with Crippen molar-refractivity contribution in [1.29, 1.82) is 0 Å². The van der Waals surface area contributed by atoms with Gasteiger partial charge in [-0.25, -0.2) is 8.42 Å². The van der Waals surface area contributed by atoms with E-state index in [4.69, 9.17) is 12.2 Å². The third-order valence-corrected chi connectivity index (χ3v) is 3.24. The van der Waals surface area contributed by atoms with Crippen LogP contribution in [-0.4, -0.2) is 23.5 Å². The minimum Gasteiger partial charge on any atom is -0.716 e. The Balaban J connectivity index is 0.00000324. The molecule has 1 aromatic rings. The summed E-state index contributed by atoms with van der Waals surface area (Å²) in [5, 5.41) is 2.87. The van der Waals surface area contributed by atoms with Crippen LogP contribution in [0.1, 0.15) is 5.56 Å². The van der Waals surface area contributed by atoms with Gasteiger partial charge in [-0.05, 0) is 30.0 Å². The van der Waals surface area contributed by atoms with Crippen LogP contribution in [0.3, 0.4) is 0 Å². The topological polar surface area (TPSA) is 78.5 Å². The van der Waals surface area contributed by atoms with Gasteiger partial charge in [0.25, 0.3) is 10.4 Å². The van der Waals surface area contributed by atoms with Gasteiger partial charge in [0, 0.05) is 6.20 Å². The summed E-state index contributed by atoms with van der Waals surface area (Å²) in [7, 11) is -4.72. The number of benzene rings is 1. The third-order valence-electron chi connectivity index (χ3n) is 1.74. The molecule has 0 aliphatic carbocycles. The van der Waals surface area contributed by atoms with Gasteiger partial charge in [0.2, 0.25) is 0 Å². The van der Waals surface area contributed by atoms with Gasteiger partial charge >= 0.3 is 29.6 Å². The molecule has 0 fully saturated rings. The minimum absolute atomic E-state index is 0. The van der Waals surface area contributed by atoms with E-state index in [0.29, 0.717) is 4.32 Å². The molecule has 0 saturated carbocycles. The molecule has 0 unspecified atom stereocenters. The summed E-state index contributed by atoms with van der Waals surface area (Å²) in [5.74, 6) is -0.0188. The van der Waals surface area contributed by atoms with E-state index in [9.17, 15) is 13.0 Å². The van der Waals surface area contributed by atoms with Crippen LogP contribution in [-0.2, 0) is 10.4 Å². The molecular formula is C10H10NNaO4S3. The Labute approximate surface area is 144 Å². The first-order valence-corrected chi connectivity index (χ1v) is 7.64. The normalized spacial score (nSPS) is 10.8. The van der Waals surface area contributed by atoms with Gasteiger partial charge in [0.05, 0.1) is 0 Å². The Hall–Kier alpha value is -0.0900. The Bertz CT molecular complexity index is 542. The maximum Gasteiger partial charge on any atom is 1.00 e. The van der Waals surface area contributed by atoms with Gasteiger partial charge in [-0.2, -0.15) is 0 Å². The summed E-state index contributed by atoms with van der Waals surface area (Å²) < 4.78 is 35.9. The number of thioether (sulfide) groups is 1. The molecule has 0 bridgehead atoms. The third kappa shape index (κ3) is 8.64. The van der Waals surface area contributed by atoms with Gasteiger partial charge in [-0.15, -0.1) is 11.8 Å². The zero-order chi connectivity index (χ0) is 13.6. The van der Waals surface area contributed by atoms with Crippen LogP contribution >= 0.6 is 24.0 Å². The fraction of sp³-hybridized carbons (Fsp3) is 0.100. The average Bonchev–Trinajstić information content (AvgIpc) is 2.29. The molecule has 0 amide bonds. The maximum atomic E-state index is 10.3. The first-order chi connectivity index (χ1) is 8.40. The van der Waals surface area contributed by atoms with E-state index in [0.717, 1.165) is 5.56 Å². The molecule has 1 N–H and O–H groups in total. The molecule has 0 spiro atoms. The Morgan fingerprint density at radius 1 is 1.42 bits per heavy atom.